The number of amides is 1. The lowest BCUT2D eigenvalue weighted by Crippen LogP contribution is -2.48. The summed E-state index contributed by atoms with van der Waals surface area (Å²) in [7, 11) is 0. The fourth-order valence-electron chi connectivity index (χ4n) is 1.69. The van der Waals surface area contributed by atoms with Crippen LogP contribution >= 0.6 is 11.3 Å². The first-order valence-corrected chi connectivity index (χ1v) is 6.09. The Kier molecular flexibility index (Phi) is 3.44. The van der Waals surface area contributed by atoms with Gasteiger partial charge in [0.05, 0.1) is 18.0 Å². The minimum Gasteiger partial charge on any atom is -0.479 e. The van der Waals surface area contributed by atoms with Gasteiger partial charge in [0.1, 0.15) is 0 Å². The summed E-state index contributed by atoms with van der Waals surface area (Å²) >= 11 is 1.42. The molecule has 5 nitrogen and oxygen atoms in total. The summed E-state index contributed by atoms with van der Waals surface area (Å²) in [6.45, 7) is 2.76. The van der Waals surface area contributed by atoms with Crippen molar-refractivity contribution in [3.05, 3.63) is 21.9 Å². The Bertz CT molecular complexity index is 442. The Morgan fingerprint density at radius 2 is 2.29 bits per heavy atom. The van der Waals surface area contributed by atoms with Crippen LogP contribution in [0.2, 0.25) is 0 Å². The van der Waals surface area contributed by atoms with Gasteiger partial charge in [0.15, 0.2) is 6.10 Å². The highest BCUT2D eigenvalue weighted by molar-refractivity contribution is 7.13. The molecule has 0 aromatic carbocycles. The summed E-state index contributed by atoms with van der Waals surface area (Å²) in [5.74, 6) is -1.14. The van der Waals surface area contributed by atoms with Gasteiger partial charge in [-0.3, -0.25) is 4.79 Å². The number of carboxylic acid groups (broad SMARTS) is 1. The predicted molar refractivity (Wildman–Crippen MR) is 62.3 cm³/mol. The van der Waals surface area contributed by atoms with Gasteiger partial charge >= 0.3 is 5.97 Å². The highest BCUT2D eigenvalue weighted by atomic mass is 32.1. The zero-order valence-electron chi connectivity index (χ0n) is 9.38. The van der Waals surface area contributed by atoms with E-state index in [2.05, 4.69) is 0 Å². The van der Waals surface area contributed by atoms with Gasteiger partial charge in [0.2, 0.25) is 0 Å². The molecule has 0 radical (unpaired) electrons. The van der Waals surface area contributed by atoms with Crippen LogP contribution in [0.15, 0.2) is 12.1 Å². The van der Waals surface area contributed by atoms with Gasteiger partial charge in [-0.15, -0.1) is 11.3 Å². The zero-order valence-corrected chi connectivity index (χ0v) is 10.2. The molecule has 0 spiro atoms. The van der Waals surface area contributed by atoms with E-state index >= 15 is 0 Å². The lowest BCUT2D eigenvalue weighted by molar-refractivity contribution is -0.154. The van der Waals surface area contributed by atoms with E-state index in [4.69, 9.17) is 9.84 Å². The van der Waals surface area contributed by atoms with Crippen molar-refractivity contribution < 1.29 is 19.4 Å². The minimum atomic E-state index is -1.02. The first kappa shape index (κ1) is 12.1. The maximum absolute atomic E-state index is 12.1. The number of hydrogen-bond acceptors (Lipinski definition) is 4. The maximum atomic E-state index is 12.1. The standard InChI is InChI=1S/C11H13NO4S/c1-7-2-3-9(17-7)10(13)12-4-5-16-8(6-12)11(14)15/h2-3,8H,4-6H2,1H3,(H,14,15)/t8-/m1/s1. The molecule has 1 amide bonds. The van der Waals surface area contributed by atoms with E-state index in [9.17, 15) is 9.59 Å². The van der Waals surface area contributed by atoms with Gasteiger partial charge in [-0.2, -0.15) is 0 Å². The fraction of sp³-hybridized carbons (Fsp3) is 0.455. The van der Waals surface area contributed by atoms with Crippen molar-refractivity contribution in [3.8, 4) is 0 Å². The van der Waals surface area contributed by atoms with Crippen molar-refractivity contribution in [3.63, 3.8) is 0 Å². The molecule has 1 aromatic heterocycles. The lowest BCUT2D eigenvalue weighted by atomic mass is 10.2. The first-order valence-electron chi connectivity index (χ1n) is 5.28. The molecule has 1 aliphatic heterocycles. The normalized spacial score (nSPS) is 20.3. The summed E-state index contributed by atoms with van der Waals surface area (Å²) in [6, 6.07) is 3.65. The van der Waals surface area contributed by atoms with E-state index in [1.807, 2.05) is 13.0 Å². The highest BCUT2D eigenvalue weighted by Gasteiger charge is 2.29. The second-order valence-corrected chi connectivity index (χ2v) is 5.15. The van der Waals surface area contributed by atoms with Crippen LogP contribution in [0.3, 0.4) is 0 Å². The number of thiophene rings is 1. The molecular formula is C11H13NO4S. The van der Waals surface area contributed by atoms with E-state index in [0.717, 1.165) is 4.88 Å². The molecule has 0 saturated carbocycles. The van der Waals surface area contributed by atoms with Crippen LogP contribution in [-0.2, 0) is 9.53 Å². The first-order chi connectivity index (χ1) is 8.08. The van der Waals surface area contributed by atoms with Gasteiger partial charge in [-0.05, 0) is 19.1 Å². The number of morpholine rings is 1. The Morgan fingerprint density at radius 1 is 1.53 bits per heavy atom. The van der Waals surface area contributed by atoms with Crippen molar-refractivity contribution in [1.29, 1.82) is 0 Å². The zero-order chi connectivity index (χ0) is 12.4. The van der Waals surface area contributed by atoms with Crippen molar-refractivity contribution >= 4 is 23.2 Å². The molecule has 2 heterocycles. The van der Waals surface area contributed by atoms with E-state index < -0.39 is 12.1 Å². The van der Waals surface area contributed by atoms with Gasteiger partial charge in [-0.25, -0.2) is 4.79 Å². The third-order valence-corrected chi connectivity index (χ3v) is 3.57. The number of nitrogens with zero attached hydrogens (tertiary/aromatic N) is 1. The molecule has 2 rings (SSSR count). The fourth-order valence-corrected chi connectivity index (χ4v) is 2.52. The van der Waals surface area contributed by atoms with E-state index in [1.54, 1.807) is 6.07 Å². The number of aryl methyl sites for hydroxylation is 1. The van der Waals surface area contributed by atoms with Crippen molar-refractivity contribution in [2.24, 2.45) is 0 Å². The van der Waals surface area contributed by atoms with Crippen LogP contribution < -0.4 is 0 Å². The smallest absolute Gasteiger partial charge is 0.334 e. The van der Waals surface area contributed by atoms with Crippen LogP contribution in [0.25, 0.3) is 0 Å². The molecule has 1 aliphatic rings. The average Bonchev–Trinajstić information content (AvgIpc) is 2.75. The van der Waals surface area contributed by atoms with Crippen LogP contribution in [0.5, 0.6) is 0 Å². The number of carbonyl (C=O) groups excluding carboxylic acids is 1. The number of hydrogen-bond donors (Lipinski definition) is 1. The summed E-state index contributed by atoms with van der Waals surface area (Å²) in [6.07, 6.45) is -0.909. The Hall–Kier alpha value is -1.40. The van der Waals surface area contributed by atoms with Crippen LogP contribution in [0, 0.1) is 6.92 Å². The summed E-state index contributed by atoms with van der Waals surface area (Å²) in [4.78, 5) is 26.1. The number of aliphatic carboxylic acids is 1. The quantitative estimate of drug-likeness (QED) is 0.855. The number of carbonyl (C=O) groups is 2. The van der Waals surface area contributed by atoms with Gasteiger partial charge in [-0.1, -0.05) is 0 Å². The SMILES string of the molecule is Cc1ccc(C(=O)N2CCO[C@@H](C(=O)O)C2)s1. The van der Waals surface area contributed by atoms with Crippen molar-refractivity contribution in [2.75, 3.05) is 19.7 Å². The van der Waals surface area contributed by atoms with Crippen molar-refractivity contribution in [1.82, 2.24) is 4.90 Å². The monoisotopic (exact) mass is 255 g/mol. The lowest BCUT2D eigenvalue weighted by Gasteiger charge is -2.30. The molecule has 1 aromatic rings. The molecule has 1 fully saturated rings. The molecule has 0 unspecified atom stereocenters. The summed E-state index contributed by atoms with van der Waals surface area (Å²) in [5, 5.41) is 8.85. The van der Waals surface area contributed by atoms with Crippen molar-refractivity contribution in [2.45, 2.75) is 13.0 Å². The van der Waals surface area contributed by atoms with Gasteiger partial charge in [0, 0.05) is 11.4 Å². The third-order valence-electron chi connectivity index (χ3n) is 2.58. The topological polar surface area (TPSA) is 66.8 Å². The van der Waals surface area contributed by atoms with Gasteiger partial charge in [0.25, 0.3) is 5.91 Å². The van der Waals surface area contributed by atoms with Crippen LogP contribution in [0.4, 0.5) is 0 Å². The van der Waals surface area contributed by atoms with Gasteiger partial charge < -0.3 is 14.7 Å². The minimum absolute atomic E-state index is 0.113. The molecule has 92 valence electrons. The second-order valence-electron chi connectivity index (χ2n) is 3.86. The molecule has 6 heteroatoms. The van der Waals surface area contributed by atoms with E-state index in [-0.39, 0.29) is 19.1 Å². The third kappa shape index (κ3) is 2.65. The molecule has 0 bridgehead atoms. The molecule has 17 heavy (non-hydrogen) atoms. The number of carboxylic acids is 1. The van der Waals surface area contributed by atoms with Crippen LogP contribution in [0.1, 0.15) is 14.5 Å². The number of ether oxygens (including phenoxy) is 1. The molecule has 1 atom stereocenters. The second kappa shape index (κ2) is 4.85. The summed E-state index contributed by atoms with van der Waals surface area (Å²) in [5.41, 5.74) is 0. The highest BCUT2D eigenvalue weighted by Crippen LogP contribution is 2.18. The van der Waals surface area contributed by atoms with E-state index in [1.165, 1.54) is 16.2 Å². The Morgan fingerprint density at radius 3 is 2.88 bits per heavy atom. The van der Waals surface area contributed by atoms with E-state index in [0.29, 0.717) is 11.4 Å². The molecular weight excluding hydrogens is 242 g/mol. The maximum Gasteiger partial charge on any atom is 0.334 e. The molecule has 1 saturated heterocycles. The summed E-state index contributed by atoms with van der Waals surface area (Å²) < 4.78 is 5.07. The average molecular weight is 255 g/mol. The molecule has 1 N–H and O–H groups in total. The number of rotatable bonds is 2. The Labute approximate surface area is 103 Å². The van der Waals surface area contributed by atoms with Crippen LogP contribution in [-0.4, -0.2) is 47.7 Å². The predicted octanol–water partition coefficient (Wildman–Crippen LogP) is 0.982. The largest absolute Gasteiger partial charge is 0.479 e. The molecule has 0 aliphatic carbocycles. The Balaban J connectivity index is 2.07.